The van der Waals surface area contributed by atoms with Crippen LogP contribution in [0.3, 0.4) is 0 Å². The Labute approximate surface area is 91.8 Å². The first-order valence-electron chi connectivity index (χ1n) is 5.03. The van der Waals surface area contributed by atoms with Gasteiger partial charge in [-0.3, -0.25) is 4.79 Å². The van der Waals surface area contributed by atoms with Gasteiger partial charge in [0.05, 0.1) is 12.6 Å². The zero-order valence-electron chi connectivity index (χ0n) is 8.57. The summed E-state index contributed by atoms with van der Waals surface area (Å²) in [5.74, 6) is -0.355. The highest BCUT2D eigenvalue weighted by atomic mass is 19.3. The number of alkyl halides is 2. The molecule has 1 aliphatic rings. The van der Waals surface area contributed by atoms with E-state index in [1.54, 1.807) is 24.3 Å². The molecule has 1 amide bonds. The summed E-state index contributed by atoms with van der Waals surface area (Å²) in [5, 5.41) is 0. The third-order valence-corrected chi connectivity index (χ3v) is 2.75. The van der Waals surface area contributed by atoms with Crippen LogP contribution in [0, 0.1) is 0 Å². The molecular weight excluding hydrogens is 214 g/mol. The van der Waals surface area contributed by atoms with Crippen molar-refractivity contribution in [1.82, 2.24) is 4.90 Å². The van der Waals surface area contributed by atoms with Crippen LogP contribution >= 0.6 is 0 Å². The number of benzene rings is 1. The molecule has 1 heterocycles. The molecule has 2 N–H and O–H groups in total. The molecule has 1 aliphatic heterocycles. The van der Waals surface area contributed by atoms with E-state index < -0.39 is 19.0 Å². The van der Waals surface area contributed by atoms with Crippen molar-refractivity contribution in [2.24, 2.45) is 5.73 Å². The van der Waals surface area contributed by atoms with Crippen LogP contribution in [0.1, 0.15) is 22.0 Å². The molecule has 0 unspecified atom stereocenters. The number of fused-ring (bicyclic) bond motifs is 1. The Bertz CT molecular complexity index is 409. The molecule has 5 heteroatoms. The molecule has 16 heavy (non-hydrogen) atoms. The Morgan fingerprint density at radius 3 is 2.69 bits per heavy atom. The summed E-state index contributed by atoms with van der Waals surface area (Å²) in [6, 6.07) is 6.48. The van der Waals surface area contributed by atoms with Crippen molar-refractivity contribution in [3.05, 3.63) is 35.4 Å². The third-order valence-electron chi connectivity index (χ3n) is 2.75. The van der Waals surface area contributed by atoms with Crippen LogP contribution in [0.5, 0.6) is 0 Å². The summed E-state index contributed by atoms with van der Waals surface area (Å²) in [6.07, 6.45) is -2.53. The highest BCUT2D eigenvalue weighted by Crippen LogP contribution is 2.32. The van der Waals surface area contributed by atoms with Gasteiger partial charge in [-0.1, -0.05) is 18.2 Å². The van der Waals surface area contributed by atoms with Crippen molar-refractivity contribution in [3.63, 3.8) is 0 Å². The summed E-state index contributed by atoms with van der Waals surface area (Å²) < 4.78 is 24.7. The topological polar surface area (TPSA) is 46.3 Å². The van der Waals surface area contributed by atoms with Crippen LogP contribution in [-0.4, -0.2) is 30.3 Å². The molecule has 0 radical (unpaired) electrons. The highest BCUT2D eigenvalue weighted by Gasteiger charge is 2.36. The van der Waals surface area contributed by atoms with Gasteiger partial charge in [-0.05, 0) is 11.6 Å². The highest BCUT2D eigenvalue weighted by molar-refractivity contribution is 5.99. The molecule has 1 atom stereocenters. The molecule has 0 saturated carbocycles. The van der Waals surface area contributed by atoms with Crippen molar-refractivity contribution in [2.45, 2.75) is 12.5 Å². The van der Waals surface area contributed by atoms with Crippen LogP contribution in [-0.2, 0) is 0 Å². The Morgan fingerprint density at radius 1 is 1.38 bits per heavy atom. The Balaban J connectivity index is 2.35. The number of rotatable bonds is 3. The molecule has 0 bridgehead atoms. The fourth-order valence-corrected chi connectivity index (χ4v) is 2.06. The van der Waals surface area contributed by atoms with Crippen molar-refractivity contribution >= 4 is 5.91 Å². The molecule has 0 fully saturated rings. The fourth-order valence-electron chi connectivity index (χ4n) is 2.06. The molecule has 2 rings (SSSR count). The molecule has 0 spiro atoms. The van der Waals surface area contributed by atoms with Gasteiger partial charge in [0.25, 0.3) is 12.3 Å². The van der Waals surface area contributed by atoms with E-state index in [1.165, 1.54) is 0 Å². The van der Waals surface area contributed by atoms with Gasteiger partial charge in [-0.2, -0.15) is 0 Å². The summed E-state index contributed by atoms with van der Waals surface area (Å²) in [5.41, 5.74) is 6.77. The van der Waals surface area contributed by atoms with Crippen molar-refractivity contribution in [2.75, 3.05) is 13.1 Å². The number of hydrogen-bond donors (Lipinski definition) is 1. The number of halogens is 2. The zero-order valence-corrected chi connectivity index (χ0v) is 8.57. The number of hydrogen-bond acceptors (Lipinski definition) is 2. The van der Waals surface area contributed by atoms with E-state index >= 15 is 0 Å². The Hall–Kier alpha value is -1.49. The normalized spacial score (nSPS) is 19.4. The summed E-state index contributed by atoms with van der Waals surface area (Å²) in [6.45, 7) is -0.398. The summed E-state index contributed by atoms with van der Waals surface area (Å²) in [4.78, 5) is 13.0. The maximum Gasteiger partial charge on any atom is 0.255 e. The van der Waals surface area contributed by atoms with E-state index in [0.717, 1.165) is 10.5 Å². The van der Waals surface area contributed by atoms with Crippen LogP contribution in [0.15, 0.2) is 24.3 Å². The van der Waals surface area contributed by atoms with Gasteiger partial charge in [0.2, 0.25) is 0 Å². The predicted octanol–water partition coefficient (Wildman–Crippen LogP) is 1.41. The molecule has 0 aromatic heterocycles. The summed E-state index contributed by atoms with van der Waals surface area (Å²) >= 11 is 0. The van der Waals surface area contributed by atoms with Gasteiger partial charge in [0, 0.05) is 12.1 Å². The van der Waals surface area contributed by atoms with E-state index in [1.807, 2.05) is 0 Å². The van der Waals surface area contributed by atoms with Crippen LogP contribution < -0.4 is 5.73 Å². The molecule has 1 aromatic rings. The molecule has 1 aromatic carbocycles. The van der Waals surface area contributed by atoms with E-state index in [2.05, 4.69) is 0 Å². The van der Waals surface area contributed by atoms with Gasteiger partial charge in [-0.25, -0.2) is 8.78 Å². The molecule has 86 valence electrons. The third kappa shape index (κ3) is 1.67. The lowest BCUT2D eigenvalue weighted by molar-refractivity contribution is 0.0496. The van der Waals surface area contributed by atoms with Gasteiger partial charge in [0.15, 0.2) is 0 Å². The largest absolute Gasteiger partial charge is 0.328 e. The van der Waals surface area contributed by atoms with E-state index in [9.17, 15) is 13.6 Å². The number of amides is 1. The number of carbonyl (C=O) groups excluding carboxylic acids is 1. The van der Waals surface area contributed by atoms with Crippen LogP contribution in [0.2, 0.25) is 0 Å². The smallest absolute Gasteiger partial charge is 0.255 e. The maximum atomic E-state index is 12.4. The Morgan fingerprint density at radius 2 is 2.06 bits per heavy atom. The average Bonchev–Trinajstić information content (AvgIpc) is 2.52. The zero-order chi connectivity index (χ0) is 11.7. The van der Waals surface area contributed by atoms with Crippen molar-refractivity contribution in [3.8, 4) is 0 Å². The predicted molar refractivity (Wildman–Crippen MR) is 55.3 cm³/mol. The van der Waals surface area contributed by atoms with Gasteiger partial charge in [0.1, 0.15) is 0 Å². The lowest BCUT2D eigenvalue weighted by atomic mass is 10.1. The Kier molecular flexibility index (Phi) is 2.87. The lowest BCUT2D eigenvalue weighted by Gasteiger charge is -2.23. The molecule has 3 nitrogen and oxygen atoms in total. The number of nitrogens with zero attached hydrogens (tertiary/aromatic N) is 1. The van der Waals surface area contributed by atoms with Crippen molar-refractivity contribution in [1.29, 1.82) is 0 Å². The first-order valence-corrected chi connectivity index (χ1v) is 5.03. The fraction of sp³-hybridized carbons (Fsp3) is 0.364. The van der Waals surface area contributed by atoms with Crippen molar-refractivity contribution < 1.29 is 13.6 Å². The lowest BCUT2D eigenvalue weighted by Crippen LogP contribution is -2.35. The van der Waals surface area contributed by atoms with E-state index in [0.29, 0.717) is 5.56 Å². The summed E-state index contributed by atoms with van der Waals surface area (Å²) in [7, 11) is 0. The van der Waals surface area contributed by atoms with Gasteiger partial charge < -0.3 is 10.6 Å². The maximum absolute atomic E-state index is 12.4. The first-order chi connectivity index (χ1) is 7.65. The van der Waals surface area contributed by atoms with Gasteiger partial charge >= 0.3 is 0 Å². The first kappa shape index (κ1) is 11.0. The second-order valence-corrected chi connectivity index (χ2v) is 3.69. The van der Waals surface area contributed by atoms with E-state index in [4.69, 9.17) is 5.73 Å². The minimum Gasteiger partial charge on any atom is -0.328 e. The second-order valence-electron chi connectivity index (χ2n) is 3.69. The standard InChI is InChI=1S/C11H12F2N2O/c12-10(13)6-15-9(5-14)7-3-1-2-4-8(7)11(15)16/h1-4,9-10H,5-6,14H2/t9-/m1/s1. The van der Waals surface area contributed by atoms with Crippen LogP contribution in [0.25, 0.3) is 0 Å². The number of nitrogens with two attached hydrogens (primary N) is 1. The molecular formula is C11H12F2N2O. The quantitative estimate of drug-likeness (QED) is 0.847. The minimum atomic E-state index is -2.53. The van der Waals surface area contributed by atoms with Gasteiger partial charge in [-0.15, -0.1) is 0 Å². The monoisotopic (exact) mass is 226 g/mol. The minimum absolute atomic E-state index is 0.162. The molecule has 0 saturated heterocycles. The second kappa shape index (κ2) is 4.17. The average molecular weight is 226 g/mol. The van der Waals surface area contributed by atoms with E-state index in [-0.39, 0.29) is 12.5 Å². The SMILES string of the molecule is NC[C@@H]1c2ccccc2C(=O)N1CC(F)F. The number of carbonyl (C=O) groups is 1. The molecule has 0 aliphatic carbocycles. The van der Waals surface area contributed by atoms with Crippen LogP contribution in [0.4, 0.5) is 8.78 Å².